The molecule has 0 unspecified atom stereocenters. The second kappa shape index (κ2) is 7.60. The Labute approximate surface area is 186 Å². The predicted octanol–water partition coefficient (Wildman–Crippen LogP) is 3.57. The highest BCUT2D eigenvalue weighted by atomic mass is 16.1. The maximum atomic E-state index is 12.6. The smallest absolute Gasteiger partial charge is 0.253 e. The molecule has 2 bridgehead atoms. The Morgan fingerprint density at radius 2 is 1.94 bits per heavy atom. The molecular formula is C25H26N6O. The van der Waals surface area contributed by atoms with Gasteiger partial charge in [0.15, 0.2) is 0 Å². The van der Waals surface area contributed by atoms with Crippen molar-refractivity contribution in [2.24, 2.45) is 11.3 Å². The number of hydrogen-bond donors (Lipinski definition) is 3. The van der Waals surface area contributed by atoms with Crippen molar-refractivity contribution < 1.29 is 4.79 Å². The number of H-pyrrole nitrogens is 1. The summed E-state index contributed by atoms with van der Waals surface area (Å²) >= 11 is 0. The first-order valence-electron chi connectivity index (χ1n) is 11.2. The molecule has 0 atom stereocenters. The van der Waals surface area contributed by atoms with Gasteiger partial charge in [-0.1, -0.05) is 0 Å². The van der Waals surface area contributed by atoms with Gasteiger partial charge in [-0.2, -0.15) is 0 Å². The van der Waals surface area contributed by atoms with Gasteiger partial charge in [0.05, 0.1) is 29.7 Å². The van der Waals surface area contributed by atoms with Gasteiger partial charge in [0.25, 0.3) is 5.91 Å². The van der Waals surface area contributed by atoms with Crippen LogP contribution in [0.25, 0.3) is 16.6 Å². The van der Waals surface area contributed by atoms with Crippen LogP contribution in [0.1, 0.15) is 41.0 Å². The number of nitrogens with one attached hydrogen (secondary N) is 3. The zero-order valence-electron chi connectivity index (χ0n) is 17.8. The van der Waals surface area contributed by atoms with Crippen LogP contribution in [0.3, 0.4) is 0 Å². The third-order valence-corrected chi connectivity index (χ3v) is 6.92. The zero-order valence-corrected chi connectivity index (χ0v) is 17.8. The second-order valence-corrected chi connectivity index (χ2v) is 9.34. The summed E-state index contributed by atoms with van der Waals surface area (Å²) in [6, 6.07) is 9.86. The van der Waals surface area contributed by atoms with Crippen LogP contribution < -0.4 is 10.6 Å². The van der Waals surface area contributed by atoms with E-state index in [4.69, 9.17) is 0 Å². The number of carbonyl (C=O) groups is 1. The Bertz CT molecular complexity index is 1260. The summed E-state index contributed by atoms with van der Waals surface area (Å²) in [7, 11) is 0. The number of amides is 1. The number of aromatic amines is 1. The van der Waals surface area contributed by atoms with Crippen molar-refractivity contribution in [1.82, 2.24) is 30.2 Å². The van der Waals surface area contributed by atoms with Gasteiger partial charge < -0.3 is 20.2 Å². The lowest BCUT2D eigenvalue weighted by Gasteiger charge is -2.62. The number of nitrogens with zero attached hydrogens (tertiary/aromatic N) is 3. The fraction of sp³-hybridized carbons (Fsp3) is 0.320. The van der Waals surface area contributed by atoms with Crippen molar-refractivity contribution in [3.63, 3.8) is 0 Å². The van der Waals surface area contributed by atoms with Crippen LogP contribution in [0.4, 0.5) is 0 Å². The van der Waals surface area contributed by atoms with E-state index in [2.05, 4.69) is 31.7 Å². The molecule has 0 spiro atoms. The lowest BCUT2D eigenvalue weighted by atomic mass is 9.44. The monoisotopic (exact) mass is 426 g/mol. The molecule has 3 fully saturated rings. The number of aromatic nitrogens is 4. The van der Waals surface area contributed by atoms with Crippen LogP contribution in [0.2, 0.25) is 0 Å². The lowest BCUT2D eigenvalue weighted by Crippen LogP contribution is -2.56. The van der Waals surface area contributed by atoms with Gasteiger partial charge in [0, 0.05) is 54.5 Å². The molecule has 3 aliphatic carbocycles. The molecular weight excluding hydrogens is 400 g/mol. The van der Waals surface area contributed by atoms with Gasteiger partial charge in [0.1, 0.15) is 0 Å². The minimum Gasteiger partial charge on any atom is -0.357 e. The van der Waals surface area contributed by atoms with E-state index in [1.165, 1.54) is 25.0 Å². The molecule has 0 saturated heterocycles. The zero-order chi connectivity index (χ0) is 21.5. The van der Waals surface area contributed by atoms with Crippen molar-refractivity contribution in [1.29, 1.82) is 0 Å². The molecule has 7 heteroatoms. The summed E-state index contributed by atoms with van der Waals surface area (Å²) in [5, 5.41) is 7.65. The molecule has 4 heterocycles. The number of pyridine rings is 2. The normalized spacial score (nSPS) is 21.2. The van der Waals surface area contributed by atoms with Gasteiger partial charge in [-0.05, 0) is 60.9 Å². The molecule has 0 aromatic carbocycles. The molecule has 1 amide bonds. The molecule has 162 valence electrons. The summed E-state index contributed by atoms with van der Waals surface area (Å²) in [6.07, 6.45) is 13.3. The standard InChI is InChI=1S/C25H26N6O/c32-24(19-6-22(15-26-11-19)31-3-1-2-4-31)29-14-20-7-23-18(12-28-20)5-21(30-23)13-27-16-25-8-17(9-25)10-25/h1-7,11-12,15,17,27,30H,8-10,13-14,16H2,(H,29,32). The van der Waals surface area contributed by atoms with Crippen LogP contribution >= 0.6 is 0 Å². The van der Waals surface area contributed by atoms with E-state index in [-0.39, 0.29) is 5.91 Å². The SMILES string of the molecule is O=C(NCc1cc2[nH]c(CNCC34CC(C3)C4)cc2cn1)c1cncc(-n2cccc2)c1. The second-order valence-electron chi connectivity index (χ2n) is 9.34. The van der Waals surface area contributed by atoms with E-state index >= 15 is 0 Å². The molecule has 0 radical (unpaired) electrons. The van der Waals surface area contributed by atoms with Crippen LogP contribution in [0.5, 0.6) is 0 Å². The Morgan fingerprint density at radius 1 is 1.09 bits per heavy atom. The van der Waals surface area contributed by atoms with Crippen molar-refractivity contribution in [3.8, 4) is 5.69 Å². The summed E-state index contributed by atoms with van der Waals surface area (Å²) in [5.41, 5.74) is 5.01. The Morgan fingerprint density at radius 3 is 2.72 bits per heavy atom. The topological polar surface area (TPSA) is 87.6 Å². The van der Waals surface area contributed by atoms with E-state index in [9.17, 15) is 4.79 Å². The van der Waals surface area contributed by atoms with Crippen molar-refractivity contribution >= 4 is 16.8 Å². The van der Waals surface area contributed by atoms with E-state index in [0.29, 0.717) is 17.5 Å². The summed E-state index contributed by atoms with van der Waals surface area (Å²) in [6.45, 7) is 2.32. The maximum absolute atomic E-state index is 12.6. The molecule has 7 nitrogen and oxygen atoms in total. The average molecular weight is 427 g/mol. The number of hydrogen-bond acceptors (Lipinski definition) is 4. The van der Waals surface area contributed by atoms with E-state index in [1.54, 1.807) is 12.4 Å². The first kappa shape index (κ1) is 19.3. The van der Waals surface area contributed by atoms with Crippen LogP contribution in [0.15, 0.2) is 61.3 Å². The quantitative estimate of drug-likeness (QED) is 0.402. The van der Waals surface area contributed by atoms with Gasteiger partial charge in [-0.15, -0.1) is 0 Å². The molecule has 32 heavy (non-hydrogen) atoms. The van der Waals surface area contributed by atoms with Crippen molar-refractivity contribution in [3.05, 3.63) is 78.3 Å². The first-order valence-corrected chi connectivity index (χ1v) is 11.2. The van der Waals surface area contributed by atoms with Crippen molar-refractivity contribution in [2.45, 2.75) is 32.4 Å². The maximum Gasteiger partial charge on any atom is 0.253 e. The van der Waals surface area contributed by atoms with E-state index in [1.807, 2.05) is 47.4 Å². The highest BCUT2D eigenvalue weighted by Crippen LogP contribution is 2.63. The third kappa shape index (κ3) is 3.58. The summed E-state index contributed by atoms with van der Waals surface area (Å²) in [4.78, 5) is 24.8. The van der Waals surface area contributed by atoms with Gasteiger partial charge >= 0.3 is 0 Å². The molecule has 7 rings (SSSR count). The highest BCUT2D eigenvalue weighted by Gasteiger charge is 2.55. The molecule has 0 aliphatic heterocycles. The number of rotatable bonds is 8. The fourth-order valence-corrected chi connectivity index (χ4v) is 5.13. The van der Waals surface area contributed by atoms with Gasteiger partial charge in [-0.25, -0.2) is 0 Å². The molecule has 4 aromatic heterocycles. The van der Waals surface area contributed by atoms with Crippen LogP contribution in [-0.4, -0.2) is 32.0 Å². The minimum absolute atomic E-state index is 0.168. The minimum atomic E-state index is -0.168. The first-order chi connectivity index (χ1) is 15.7. The molecule has 3 saturated carbocycles. The van der Waals surface area contributed by atoms with E-state index in [0.717, 1.165) is 41.3 Å². The van der Waals surface area contributed by atoms with Crippen LogP contribution in [0, 0.1) is 11.3 Å². The van der Waals surface area contributed by atoms with Gasteiger partial charge in [-0.3, -0.25) is 14.8 Å². The van der Waals surface area contributed by atoms with Crippen molar-refractivity contribution in [2.75, 3.05) is 6.54 Å². The van der Waals surface area contributed by atoms with Gasteiger partial charge in [0.2, 0.25) is 0 Å². The summed E-state index contributed by atoms with van der Waals surface area (Å²) in [5.74, 6) is 0.854. The van der Waals surface area contributed by atoms with E-state index < -0.39 is 0 Å². The largest absolute Gasteiger partial charge is 0.357 e. The Balaban J connectivity index is 1.07. The Kier molecular flexibility index (Phi) is 4.57. The lowest BCUT2D eigenvalue weighted by molar-refractivity contribution is -0.103. The molecule has 4 aromatic rings. The van der Waals surface area contributed by atoms with Crippen LogP contribution in [-0.2, 0) is 13.1 Å². The number of fused-ring (bicyclic) bond motifs is 1. The number of carbonyl (C=O) groups excluding carboxylic acids is 1. The Hall–Kier alpha value is -3.45. The third-order valence-electron chi connectivity index (χ3n) is 6.92. The highest BCUT2D eigenvalue weighted by molar-refractivity contribution is 5.94. The average Bonchev–Trinajstić information content (AvgIpc) is 3.42. The molecule has 3 aliphatic rings. The predicted molar refractivity (Wildman–Crippen MR) is 122 cm³/mol. The fourth-order valence-electron chi connectivity index (χ4n) is 5.13. The molecule has 3 N–H and O–H groups in total. The summed E-state index contributed by atoms with van der Waals surface area (Å²) < 4.78 is 1.92.